The fourth-order valence-corrected chi connectivity index (χ4v) is 5.88. The quantitative estimate of drug-likeness (QED) is 0.790. The first-order chi connectivity index (χ1) is 15.2. The molecule has 3 heterocycles. The van der Waals surface area contributed by atoms with Crippen LogP contribution in [-0.2, 0) is 6.42 Å². The van der Waals surface area contributed by atoms with Crippen molar-refractivity contribution >= 4 is 5.91 Å². The van der Waals surface area contributed by atoms with Crippen LogP contribution in [0, 0.1) is 5.92 Å². The highest BCUT2D eigenvalue weighted by molar-refractivity contribution is 5.99. The second-order valence-electron chi connectivity index (χ2n) is 9.28. The van der Waals surface area contributed by atoms with Crippen LogP contribution in [0.25, 0.3) is 0 Å². The van der Waals surface area contributed by atoms with E-state index in [1.54, 1.807) is 7.11 Å². The molecule has 2 aromatic rings. The number of benzene rings is 2. The predicted molar refractivity (Wildman–Crippen MR) is 122 cm³/mol. The van der Waals surface area contributed by atoms with Gasteiger partial charge < -0.3 is 15.4 Å². The highest BCUT2D eigenvalue weighted by Crippen LogP contribution is 2.44. The van der Waals surface area contributed by atoms with Crippen molar-refractivity contribution in [2.24, 2.45) is 5.92 Å². The maximum absolute atomic E-state index is 13.6. The van der Waals surface area contributed by atoms with Crippen LogP contribution < -0.4 is 15.4 Å². The number of piperidine rings is 2. The molecule has 5 nitrogen and oxygen atoms in total. The minimum Gasteiger partial charge on any atom is -0.496 e. The molecule has 0 radical (unpaired) electrons. The van der Waals surface area contributed by atoms with Crippen LogP contribution in [0.5, 0.6) is 5.75 Å². The molecule has 0 saturated carbocycles. The number of ether oxygens (including phenoxy) is 1. The van der Waals surface area contributed by atoms with Crippen molar-refractivity contribution in [3.8, 4) is 5.75 Å². The molecule has 5 heteroatoms. The molecule has 1 amide bonds. The molecule has 0 spiro atoms. The van der Waals surface area contributed by atoms with Crippen molar-refractivity contribution in [2.45, 2.75) is 50.7 Å². The molecule has 0 bridgehead atoms. The van der Waals surface area contributed by atoms with Crippen LogP contribution in [0.1, 0.15) is 65.3 Å². The van der Waals surface area contributed by atoms with Crippen LogP contribution in [-0.4, -0.2) is 43.6 Å². The molecule has 0 aliphatic carbocycles. The van der Waals surface area contributed by atoms with E-state index >= 15 is 0 Å². The van der Waals surface area contributed by atoms with E-state index in [2.05, 4.69) is 33.7 Å². The van der Waals surface area contributed by atoms with Crippen molar-refractivity contribution in [1.82, 2.24) is 15.5 Å². The first-order valence-electron chi connectivity index (χ1n) is 11.7. The molecule has 2 aromatic carbocycles. The molecule has 2 N–H and O–H groups in total. The summed E-state index contributed by atoms with van der Waals surface area (Å²) in [4.78, 5) is 16.2. The van der Waals surface area contributed by atoms with Gasteiger partial charge in [-0.3, -0.25) is 9.69 Å². The van der Waals surface area contributed by atoms with Gasteiger partial charge in [-0.2, -0.15) is 0 Å². The Bertz CT molecular complexity index is 945. The first-order valence-corrected chi connectivity index (χ1v) is 11.7. The van der Waals surface area contributed by atoms with Crippen LogP contribution in [0.15, 0.2) is 42.5 Å². The minimum absolute atomic E-state index is 0.0365. The van der Waals surface area contributed by atoms with Gasteiger partial charge in [0.05, 0.1) is 18.7 Å². The highest BCUT2D eigenvalue weighted by atomic mass is 16.5. The third-order valence-corrected chi connectivity index (χ3v) is 7.51. The lowest BCUT2D eigenvalue weighted by Gasteiger charge is -2.49. The normalized spacial score (nSPS) is 26.2. The Morgan fingerprint density at radius 3 is 2.87 bits per heavy atom. The van der Waals surface area contributed by atoms with Gasteiger partial charge in [0.15, 0.2) is 0 Å². The largest absolute Gasteiger partial charge is 0.496 e. The van der Waals surface area contributed by atoms with Gasteiger partial charge in [0.2, 0.25) is 0 Å². The van der Waals surface area contributed by atoms with Gasteiger partial charge in [-0.05, 0) is 67.8 Å². The van der Waals surface area contributed by atoms with Crippen molar-refractivity contribution in [2.75, 3.05) is 26.7 Å². The summed E-state index contributed by atoms with van der Waals surface area (Å²) in [6.45, 7) is 5.36. The summed E-state index contributed by atoms with van der Waals surface area (Å²) in [6.07, 6.45) is 4.65. The maximum atomic E-state index is 13.6. The summed E-state index contributed by atoms with van der Waals surface area (Å²) in [5.41, 5.74) is 4.32. The van der Waals surface area contributed by atoms with Gasteiger partial charge in [-0.25, -0.2) is 0 Å². The number of amides is 1. The van der Waals surface area contributed by atoms with E-state index < -0.39 is 0 Å². The van der Waals surface area contributed by atoms with E-state index in [0.29, 0.717) is 11.8 Å². The molecule has 0 aromatic heterocycles. The highest BCUT2D eigenvalue weighted by Gasteiger charge is 2.41. The predicted octanol–water partition coefficient (Wildman–Crippen LogP) is 3.86. The Kier molecular flexibility index (Phi) is 5.72. The fourth-order valence-electron chi connectivity index (χ4n) is 5.88. The number of hydrogen-bond acceptors (Lipinski definition) is 4. The average molecular weight is 420 g/mol. The number of carbonyl (C=O) groups excluding carboxylic acids is 1. The van der Waals surface area contributed by atoms with Crippen LogP contribution in [0.3, 0.4) is 0 Å². The lowest BCUT2D eigenvalue weighted by Crippen LogP contribution is -2.55. The van der Waals surface area contributed by atoms with E-state index in [1.165, 1.54) is 24.0 Å². The Hall–Kier alpha value is -2.37. The molecule has 3 aliphatic rings. The molecule has 4 atom stereocenters. The summed E-state index contributed by atoms with van der Waals surface area (Å²) in [6, 6.07) is 15.0. The molecular weight excluding hydrogens is 386 g/mol. The number of methoxy groups -OCH3 is 1. The number of hydrogen-bond donors (Lipinski definition) is 2. The zero-order chi connectivity index (χ0) is 21.4. The molecule has 31 heavy (non-hydrogen) atoms. The van der Waals surface area contributed by atoms with Crippen LogP contribution in [0.2, 0.25) is 0 Å². The molecule has 164 valence electrons. The molecule has 3 aliphatic heterocycles. The number of nitrogens with zero attached hydrogens (tertiary/aromatic N) is 1. The van der Waals surface area contributed by atoms with E-state index in [0.717, 1.165) is 49.5 Å². The summed E-state index contributed by atoms with van der Waals surface area (Å²) in [5, 5.41) is 6.99. The lowest BCUT2D eigenvalue weighted by atomic mass is 9.76. The molecule has 2 saturated heterocycles. The molecular formula is C26H33N3O2. The minimum atomic E-state index is -0.0651. The van der Waals surface area contributed by atoms with Crippen molar-refractivity contribution in [1.29, 1.82) is 0 Å². The van der Waals surface area contributed by atoms with Gasteiger partial charge in [0.1, 0.15) is 5.75 Å². The van der Waals surface area contributed by atoms with Crippen molar-refractivity contribution < 1.29 is 9.53 Å². The SMILES string of the molecule is COc1ccc2c(c1C(=O)N[C@H](C)c1ccccc1)[C@@H]1C[C@@H]3NCCC[C@@H]3CN1CC2. The number of rotatable bonds is 4. The summed E-state index contributed by atoms with van der Waals surface area (Å²) in [5.74, 6) is 1.37. The fraction of sp³-hybridized carbons (Fsp3) is 0.500. The van der Waals surface area contributed by atoms with E-state index in [-0.39, 0.29) is 18.0 Å². The monoisotopic (exact) mass is 419 g/mol. The first kappa shape index (κ1) is 20.5. The summed E-state index contributed by atoms with van der Waals surface area (Å²) in [7, 11) is 1.67. The Morgan fingerprint density at radius 1 is 1.23 bits per heavy atom. The average Bonchev–Trinajstić information content (AvgIpc) is 2.82. The van der Waals surface area contributed by atoms with E-state index in [9.17, 15) is 4.79 Å². The van der Waals surface area contributed by atoms with Crippen molar-refractivity contribution in [3.05, 3.63) is 64.7 Å². The smallest absolute Gasteiger partial charge is 0.255 e. The Labute approximate surface area is 185 Å². The summed E-state index contributed by atoms with van der Waals surface area (Å²) >= 11 is 0. The van der Waals surface area contributed by atoms with Gasteiger partial charge in [0, 0.05) is 25.2 Å². The third-order valence-electron chi connectivity index (χ3n) is 7.51. The third kappa shape index (κ3) is 3.85. The second kappa shape index (κ2) is 8.64. The zero-order valence-corrected chi connectivity index (χ0v) is 18.6. The van der Waals surface area contributed by atoms with Gasteiger partial charge in [0.25, 0.3) is 5.91 Å². The van der Waals surface area contributed by atoms with Gasteiger partial charge in [-0.15, -0.1) is 0 Å². The maximum Gasteiger partial charge on any atom is 0.255 e. The Balaban J connectivity index is 1.49. The van der Waals surface area contributed by atoms with Crippen LogP contribution in [0.4, 0.5) is 0 Å². The summed E-state index contributed by atoms with van der Waals surface area (Å²) < 4.78 is 5.71. The van der Waals surface area contributed by atoms with Crippen molar-refractivity contribution in [3.63, 3.8) is 0 Å². The number of fused-ring (bicyclic) bond motifs is 4. The lowest BCUT2D eigenvalue weighted by molar-refractivity contribution is 0.0541. The molecule has 0 unspecified atom stereocenters. The van der Waals surface area contributed by atoms with Gasteiger partial charge >= 0.3 is 0 Å². The number of nitrogens with one attached hydrogen (secondary N) is 2. The number of carbonyl (C=O) groups is 1. The van der Waals surface area contributed by atoms with E-state index in [1.807, 2.05) is 31.2 Å². The van der Waals surface area contributed by atoms with Crippen LogP contribution >= 0.6 is 0 Å². The second-order valence-corrected chi connectivity index (χ2v) is 9.28. The molecule has 2 fully saturated rings. The Morgan fingerprint density at radius 2 is 2.06 bits per heavy atom. The topological polar surface area (TPSA) is 53.6 Å². The molecule has 5 rings (SSSR count). The standard InChI is InChI=1S/C26H33N3O2/c1-17(18-7-4-3-5-8-18)28-26(30)25-23(31-2)11-10-19-12-14-29-16-20-9-6-13-27-21(20)15-22(29)24(19)25/h3-5,7-8,10-11,17,20-22,27H,6,9,12-16H2,1-2H3,(H,28,30)/t17-,20-,21+,22+/m1/s1. The van der Waals surface area contributed by atoms with Gasteiger partial charge in [-0.1, -0.05) is 36.4 Å². The zero-order valence-electron chi connectivity index (χ0n) is 18.6. The van der Waals surface area contributed by atoms with E-state index in [4.69, 9.17) is 4.74 Å².